The Hall–Kier alpha value is -1.32. The van der Waals surface area contributed by atoms with Gasteiger partial charge in [-0.25, -0.2) is 4.98 Å². The third kappa shape index (κ3) is 2.36. The van der Waals surface area contributed by atoms with Gasteiger partial charge in [-0.3, -0.25) is 0 Å². The fourth-order valence-corrected chi connectivity index (χ4v) is 3.59. The van der Waals surface area contributed by atoms with Gasteiger partial charge in [0.1, 0.15) is 5.82 Å². The topological polar surface area (TPSA) is 17.8 Å². The van der Waals surface area contributed by atoms with E-state index in [9.17, 15) is 0 Å². The number of aromatic nitrogens is 2. The molecule has 2 nitrogen and oxygen atoms in total. The number of para-hydroxylation sites is 2. The third-order valence-electron chi connectivity index (χ3n) is 3.59. The van der Waals surface area contributed by atoms with Crippen molar-refractivity contribution in [1.29, 1.82) is 0 Å². The van der Waals surface area contributed by atoms with Crippen LogP contribution in [0.5, 0.6) is 0 Å². The highest BCUT2D eigenvalue weighted by Gasteiger charge is 2.24. The maximum Gasteiger partial charge on any atom is 0.124 e. The first kappa shape index (κ1) is 13.7. The summed E-state index contributed by atoms with van der Waals surface area (Å²) in [6, 6.07) is 12.5. The van der Waals surface area contributed by atoms with Crippen molar-refractivity contribution in [3.05, 3.63) is 52.5 Å². The van der Waals surface area contributed by atoms with Gasteiger partial charge in [0, 0.05) is 16.8 Å². The molecule has 0 radical (unpaired) electrons. The number of thiophene rings is 1. The Bertz CT molecular complexity index is 713. The van der Waals surface area contributed by atoms with Gasteiger partial charge in [-0.1, -0.05) is 32.0 Å². The number of fused-ring (bicyclic) bond motifs is 1. The molecule has 3 rings (SSSR count). The predicted octanol–water partition coefficient (Wildman–Crippen LogP) is 4.81. The molecular weight excluding hydrogens is 288 g/mol. The van der Waals surface area contributed by atoms with Crippen LogP contribution < -0.4 is 0 Å². The van der Waals surface area contributed by atoms with Crippen LogP contribution in [-0.2, 0) is 17.8 Å². The van der Waals surface area contributed by atoms with E-state index < -0.39 is 0 Å². The van der Waals surface area contributed by atoms with Gasteiger partial charge in [0.2, 0.25) is 0 Å². The molecule has 0 aliphatic heterocycles. The zero-order chi connectivity index (χ0) is 14.2. The smallest absolute Gasteiger partial charge is 0.124 e. The summed E-state index contributed by atoms with van der Waals surface area (Å²) in [6.45, 7) is 5.42. The zero-order valence-electron chi connectivity index (χ0n) is 11.6. The Morgan fingerprint density at radius 2 is 2.00 bits per heavy atom. The van der Waals surface area contributed by atoms with E-state index in [1.807, 2.05) is 12.1 Å². The quantitative estimate of drug-likeness (QED) is 0.632. The average molecular weight is 305 g/mol. The Morgan fingerprint density at radius 3 is 2.70 bits per heavy atom. The van der Waals surface area contributed by atoms with Crippen LogP contribution in [0.1, 0.15) is 24.5 Å². The van der Waals surface area contributed by atoms with Crippen LogP contribution in [0.25, 0.3) is 11.0 Å². The number of alkyl halides is 1. The fraction of sp³-hybridized carbons (Fsp3) is 0.312. The molecule has 2 aromatic heterocycles. The SMILES string of the molecule is CC(C)(Cn1c(CCl)nc2ccccc21)c1cccs1. The van der Waals surface area contributed by atoms with Crippen molar-refractivity contribution in [2.45, 2.75) is 31.7 Å². The first-order valence-electron chi connectivity index (χ1n) is 6.66. The molecule has 0 unspecified atom stereocenters. The lowest BCUT2D eigenvalue weighted by atomic mass is 9.91. The van der Waals surface area contributed by atoms with Crippen molar-refractivity contribution < 1.29 is 0 Å². The first-order chi connectivity index (χ1) is 9.62. The molecule has 2 heterocycles. The number of benzene rings is 1. The van der Waals surface area contributed by atoms with Crippen LogP contribution in [-0.4, -0.2) is 9.55 Å². The molecule has 0 aliphatic carbocycles. The lowest BCUT2D eigenvalue weighted by molar-refractivity contribution is 0.443. The lowest BCUT2D eigenvalue weighted by Crippen LogP contribution is -2.24. The van der Waals surface area contributed by atoms with Gasteiger partial charge < -0.3 is 4.57 Å². The van der Waals surface area contributed by atoms with Crippen molar-refractivity contribution in [2.75, 3.05) is 0 Å². The highest BCUT2D eigenvalue weighted by Crippen LogP contribution is 2.31. The largest absolute Gasteiger partial charge is 0.326 e. The maximum absolute atomic E-state index is 6.08. The molecule has 0 saturated carbocycles. The van der Waals surface area contributed by atoms with Crippen molar-refractivity contribution >= 4 is 34.0 Å². The first-order valence-corrected chi connectivity index (χ1v) is 8.07. The van der Waals surface area contributed by atoms with Crippen molar-refractivity contribution in [3.63, 3.8) is 0 Å². The van der Waals surface area contributed by atoms with E-state index in [4.69, 9.17) is 11.6 Å². The number of nitrogens with zero attached hydrogens (tertiary/aromatic N) is 2. The van der Waals surface area contributed by atoms with Crippen molar-refractivity contribution in [1.82, 2.24) is 9.55 Å². The Morgan fingerprint density at radius 1 is 1.20 bits per heavy atom. The molecule has 3 aromatic rings. The van der Waals surface area contributed by atoms with Crippen LogP contribution in [0.4, 0.5) is 0 Å². The number of halogens is 1. The molecule has 0 spiro atoms. The fourth-order valence-electron chi connectivity index (χ4n) is 2.54. The second-order valence-electron chi connectivity index (χ2n) is 5.60. The summed E-state index contributed by atoms with van der Waals surface area (Å²) >= 11 is 7.88. The van der Waals surface area contributed by atoms with Gasteiger partial charge >= 0.3 is 0 Å². The molecule has 0 bridgehead atoms. The summed E-state index contributed by atoms with van der Waals surface area (Å²) in [4.78, 5) is 6.02. The second-order valence-corrected chi connectivity index (χ2v) is 6.81. The Labute approximate surface area is 128 Å². The summed E-state index contributed by atoms with van der Waals surface area (Å²) in [5.41, 5.74) is 2.25. The normalized spacial score (nSPS) is 12.2. The van der Waals surface area contributed by atoms with E-state index in [-0.39, 0.29) is 5.41 Å². The Kier molecular flexibility index (Phi) is 3.57. The summed E-state index contributed by atoms with van der Waals surface area (Å²) in [6.07, 6.45) is 0. The summed E-state index contributed by atoms with van der Waals surface area (Å²) in [5, 5.41) is 2.13. The monoisotopic (exact) mass is 304 g/mol. The number of imidazole rings is 1. The minimum absolute atomic E-state index is 0.0679. The molecule has 1 aromatic carbocycles. The zero-order valence-corrected chi connectivity index (χ0v) is 13.2. The molecule has 0 fully saturated rings. The molecular formula is C16H17ClN2S. The van der Waals surface area contributed by atoms with E-state index >= 15 is 0 Å². The number of rotatable bonds is 4. The number of hydrogen-bond acceptors (Lipinski definition) is 2. The lowest BCUT2D eigenvalue weighted by Gasteiger charge is -2.25. The third-order valence-corrected chi connectivity index (χ3v) is 5.07. The van der Waals surface area contributed by atoms with Crippen LogP contribution in [0.15, 0.2) is 41.8 Å². The molecule has 104 valence electrons. The predicted molar refractivity (Wildman–Crippen MR) is 86.6 cm³/mol. The Balaban J connectivity index is 2.06. The van der Waals surface area contributed by atoms with Gasteiger partial charge in [0.05, 0.1) is 16.9 Å². The van der Waals surface area contributed by atoms with Crippen LogP contribution in [0.3, 0.4) is 0 Å². The minimum atomic E-state index is 0.0679. The summed E-state index contributed by atoms with van der Waals surface area (Å²) in [7, 11) is 0. The average Bonchev–Trinajstić information content (AvgIpc) is 3.07. The van der Waals surface area contributed by atoms with E-state index in [0.717, 1.165) is 23.4 Å². The van der Waals surface area contributed by atoms with E-state index in [1.165, 1.54) is 4.88 Å². The molecule has 0 atom stereocenters. The van der Waals surface area contributed by atoms with E-state index in [2.05, 4.69) is 53.0 Å². The van der Waals surface area contributed by atoms with Crippen LogP contribution >= 0.6 is 22.9 Å². The van der Waals surface area contributed by atoms with Crippen molar-refractivity contribution in [3.8, 4) is 0 Å². The molecule has 20 heavy (non-hydrogen) atoms. The summed E-state index contributed by atoms with van der Waals surface area (Å²) in [5.74, 6) is 1.38. The second kappa shape index (κ2) is 5.23. The number of hydrogen-bond donors (Lipinski definition) is 0. The highest BCUT2D eigenvalue weighted by atomic mass is 35.5. The van der Waals surface area contributed by atoms with Gasteiger partial charge in [-0.05, 0) is 23.6 Å². The molecule has 0 saturated heterocycles. The van der Waals surface area contributed by atoms with Gasteiger partial charge in [-0.15, -0.1) is 22.9 Å². The highest BCUT2D eigenvalue weighted by molar-refractivity contribution is 7.10. The molecule has 0 aliphatic rings. The van der Waals surface area contributed by atoms with E-state index in [1.54, 1.807) is 11.3 Å². The van der Waals surface area contributed by atoms with Crippen LogP contribution in [0, 0.1) is 0 Å². The van der Waals surface area contributed by atoms with E-state index in [0.29, 0.717) is 5.88 Å². The van der Waals surface area contributed by atoms with Gasteiger partial charge in [0.25, 0.3) is 0 Å². The standard InChI is InChI=1S/C16H17ClN2S/c1-16(2,14-8-5-9-20-14)11-19-13-7-4-3-6-12(13)18-15(19)10-17/h3-9H,10-11H2,1-2H3. The molecule has 4 heteroatoms. The molecule has 0 N–H and O–H groups in total. The maximum atomic E-state index is 6.08. The van der Waals surface area contributed by atoms with Crippen LogP contribution in [0.2, 0.25) is 0 Å². The minimum Gasteiger partial charge on any atom is -0.326 e. The van der Waals surface area contributed by atoms with Gasteiger partial charge in [0.15, 0.2) is 0 Å². The summed E-state index contributed by atoms with van der Waals surface area (Å²) < 4.78 is 2.25. The van der Waals surface area contributed by atoms with Gasteiger partial charge in [-0.2, -0.15) is 0 Å². The molecule has 0 amide bonds. The van der Waals surface area contributed by atoms with Crippen molar-refractivity contribution in [2.24, 2.45) is 0 Å².